The number of anilines is 1. The summed E-state index contributed by atoms with van der Waals surface area (Å²) in [5.74, 6) is -0.249. The molecule has 25 heavy (non-hydrogen) atoms. The van der Waals surface area contributed by atoms with E-state index in [-0.39, 0.29) is 19.6 Å². The van der Waals surface area contributed by atoms with Gasteiger partial charge in [0.1, 0.15) is 17.5 Å². The number of hydrogen-bond acceptors (Lipinski definition) is 5. The highest BCUT2D eigenvalue weighted by molar-refractivity contribution is 5.94. The number of benzene rings is 2. The van der Waals surface area contributed by atoms with Crippen LogP contribution in [0.1, 0.15) is 6.42 Å². The van der Waals surface area contributed by atoms with Gasteiger partial charge in [-0.3, -0.25) is 9.59 Å². The van der Waals surface area contributed by atoms with Crippen molar-refractivity contribution in [3.63, 3.8) is 0 Å². The van der Waals surface area contributed by atoms with Gasteiger partial charge in [-0.25, -0.2) is 0 Å². The molecule has 0 spiro atoms. The van der Waals surface area contributed by atoms with Crippen LogP contribution in [0.25, 0.3) is 0 Å². The Bertz CT molecular complexity index is 688. The van der Waals surface area contributed by atoms with Crippen LogP contribution < -0.4 is 15.4 Å². The van der Waals surface area contributed by atoms with Gasteiger partial charge in [0.05, 0.1) is 13.0 Å². The number of aliphatic hydroxyl groups is 1. The number of ether oxygens (including phenoxy) is 1. The molecule has 0 saturated carbocycles. The third-order valence-electron chi connectivity index (χ3n) is 3.31. The Hall–Kier alpha value is -2.90. The summed E-state index contributed by atoms with van der Waals surface area (Å²) in [6.07, 6.45) is -0.238. The summed E-state index contributed by atoms with van der Waals surface area (Å²) >= 11 is 0. The number of amides is 1. The molecule has 7 nitrogen and oxygen atoms in total. The number of aliphatic carboxylic acids is 1. The predicted octanol–water partition coefficient (Wildman–Crippen LogP) is 1.84. The summed E-state index contributed by atoms with van der Waals surface area (Å²) in [7, 11) is 0. The van der Waals surface area contributed by atoms with E-state index in [4.69, 9.17) is 14.9 Å². The van der Waals surface area contributed by atoms with E-state index in [1.54, 1.807) is 24.3 Å². The van der Waals surface area contributed by atoms with Crippen molar-refractivity contribution in [2.75, 3.05) is 18.5 Å². The molecule has 0 fully saturated rings. The second-order valence-electron chi connectivity index (χ2n) is 5.26. The van der Waals surface area contributed by atoms with Gasteiger partial charge in [-0.1, -0.05) is 18.2 Å². The predicted molar refractivity (Wildman–Crippen MR) is 92.7 cm³/mol. The van der Waals surface area contributed by atoms with Crippen molar-refractivity contribution in [2.45, 2.75) is 12.5 Å². The van der Waals surface area contributed by atoms with Gasteiger partial charge in [-0.15, -0.1) is 0 Å². The van der Waals surface area contributed by atoms with Crippen LogP contribution in [-0.4, -0.2) is 41.3 Å². The maximum atomic E-state index is 12.0. The highest BCUT2D eigenvalue weighted by Gasteiger charge is 2.20. The number of para-hydroxylation sites is 1. The molecule has 0 unspecified atom stereocenters. The van der Waals surface area contributed by atoms with Crippen molar-refractivity contribution >= 4 is 17.6 Å². The zero-order valence-corrected chi connectivity index (χ0v) is 13.5. The maximum Gasteiger partial charge on any atom is 0.321 e. The zero-order chi connectivity index (χ0) is 18.1. The number of carboxylic acid groups (broad SMARTS) is 1. The van der Waals surface area contributed by atoms with E-state index in [1.165, 1.54) is 0 Å². The van der Waals surface area contributed by atoms with Crippen LogP contribution in [0.4, 0.5) is 5.69 Å². The molecule has 0 heterocycles. The van der Waals surface area contributed by atoms with Crippen molar-refractivity contribution in [1.82, 2.24) is 5.32 Å². The Kier molecular flexibility index (Phi) is 6.94. The summed E-state index contributed by atoms with van der Waals surface area (Å²) in [4.78, 5) is 23.0. The summed E-state index contributed by atoms with van der Waals surface area (Å²) < 4.78 is 5.65. The van der Waals surface area contributed by atoms with Gasteiger partial charge in [0.15, 0.2) is 0 Å². The average Bonchev–Trinajstić information content (AvgIpc) is 2.61. The van der Waals surface area contributed by atoms with Gasteiger partial charge in [-0.05, 0) is 36.4 Å². The molecule has 0 aliphatic carbocycles. The third kappa shape index (κ3) is 6.25. The number of hydrogen-bond donors (Lipinski definition) is 4. The molecule has 1 atom stereocenters. The van der Waals surface area contributed by atoms with Gasteiger partial charge in [-0.2, -0.15) is 0 Å². The van der Waals surface area contributed by atoms with E-state index >= 15 is 0 Å². The first kappa shape index (κ1) is 18.4. The normalized spacial score (nSPS) is 11.6. The van der Waals surface area contributed by atoms with E-state index in [9.17, 15) is 9.59 Å². The molecular formula is C18H20N2O5. The lowest BCUT2D eigenvalue weighted by Gasteiger charge is -2.13. The number of aliphatic hydroxyl groups excluding tert-OH is 1. The summed E-state index contributed by atoms with van der Waals surface area (Å²) in [6.45, 7) is -0.0932. The van der Waals surface area contributed by atoms with Crippen molar-refractivity contribution < 1.29 is 24.5 Å². The number of carbonyl (C=O) groups is 2. The largest absolute Gasteiger partial charge is 0.480 e. The number of carboxylic acids is 1. The van der Waals surface area contributed by atoms with Crippen LogP contribution in [0.3, 0.4) is 0 Å². The van der Waals surface area contributed by atoms with Crippen molar-refractivity contribution in [3.05, 3.63) is 54.6 Å². The van der Waals surface area contributed by atoms with Gasteiger partial charge in [0.25, 0.3) is 0 Å². The summed E-state index contributed by atoms with van der Waals surface area (Å²) in [5, 5.41) is 23.0. The Morgan fingerprint density at radius 1 is 1.00 bits per heavy atom. The molecule has 4 N–H and O–H groups in total. The van der Waals surface area contributed by atoms with Crippen LogP contribution in [0.2, 0.25) is 0 Å². The topological polar surface area (TPSA) is 108 Å². The summed E-state index contributed by atoms with van der Waals surface area (Å²) in [5.41, 5.74) is 0.539. The van der Waals surface area contributed by atoms with Gasteiger partial charge < -0.3 is 25.6 Å². The van der Waals surface area contributed by atoms with Crippen LogP contribution >= 0.6 is 0 Å². The van der Waals surface area contributed by atoms with Gasteiger partial charge in [0, 0.05) is 12.2 Å². The smallest absolute Gasteiger partial charge is 0.321 e. The molecule has 2 aromatic rings. The molecule has 2 aromatic carbocycles. The molecule has 132 valence electrons. The molecule has 0 bridgehead atoms. The average molecular weight is 344 g/mol. The third-order valence-corrected chi connectivity index (χ3v) is 3.31. The molecule has 0 saturated heterocycles. The first-order chi connectivity index (χ1) is 12.1. The van der Waals surface area contributed by atoms with Gasteiger partial charge in [0.2, 0.25) is 5.91 Å². The van der Waals surface area contributed by atoms with Gasteiger partial charge >= 0.3 is 5.97 Å². The maximum absolute atomic E-state index is 12.0. The quantitative estimate of drug-likeness (QED) is 0.553. The second-order valence-corrected chi connectivity index (χ2v) is 5.26. The van der Waals surface area contributed by atoms with E-state index in [2.05, 4.69) is 10.6 Å². The number of rotatable bonds is 9. The molecule has 0 radical (unpaired) electrons. The monoisotopic (exact) mass is 344 g/mol. The lowest BCUT2D eigenvalue weighted by atomic mass is 10.2. The van der Waals surface area contributed by atoms with Crippen molar-refractivity contribution in [2.24, 2.45) is 0 Å². The fraction of sp³-hybridized carbons (Fsp3) is 0.222. The van der Waals surface area contributed by atoms with Crippen LogP contribution in [-0.2, 0) is 9.59 Å². The highest BCUT2D eigenvalue weighted by atomic mass is 16.5. The minimum atomic E-state index is -1.14. The van der Waals surface area contributed by atoms with E-state index in [0.717, 1.165) is 0 Å². The molecule has 0 aliphatic heterocycles. The zero-order valence-electron chi connectivity index (χ0n) is 13.5. The SMILES string of the molecule is O=C(C[C@@H](NCCO)C(=O)O)Nc1ccc(Oc2ccccc2)cc1. The Balaban J connectivity index is 1.89. The van der Waals surface area contributed by atoms with Crippen LogP contribution in [0.15, 0.2) is 54.6 Å². The first-order valence-corrected chi connectivity index (χ1v) is 7.78. The lowest BCUT2D eigenvalue weighted by molar-refractivity contribution is -0.141. The van der Waals surface area contributed by atoms with E-state index < -0.39 is 17.9 Å². The Morgan fingerprint density at radius 2 is 1.64 bits per heavy atom. The second kappa shape index (κ2) is 9.41. The van der Waals surface area contributed by atoms with Crippen LogP contribution in [0.5, 0.6) is 11.5 Å². The highest BCUT2D eigenvalue weighted by Crippen LogP contribution is 2.22. The number of nitrogens with one attached hydrogen (secondary N) is 2. The number of carbonyl (C=O) groups excluding carboxylic acids is 1. The molecule has 7 heteroatoms. The lowest BCUT2D eigenvalue weighted by Crippen LogP contribution is -2.41. The minimum absolute atomic E-state index is 0.107. The standard InChI is InChI=1S/C18H20N2O5/c21-11-10-19-16(18(23)24)12-17(22)20-13-6-8-15(9-7-13)25-14-4-2-1-3-5-14/h1-9,16,19,21H,10-12H2,(H,20,22)(H,23,24)/t16-/m1/s1. The van der Waals surface area contributed by atoms with Crippen LogP contribution in [0, 0.1) is 0 Å². The fourth-order valence-corrected chi connectivity index (χ4v) is 2.11. The van der Waals surface area contributed by atoms with Crippen molar-refractivity contribution in [3.8, 4) is 11.5 Å². The molecule has 1 amide bonds. The summed E-state index contributed by atoms with van der Waals surface area (Å²) in [6, 6.07) is 15.0. The molecule has 0 aliphatic rings. The Morgan fingerprint density at radius 3 is 2.24 bits per heavy atom. The Labute approximate surface area is 145 Å². The molecule has 0 aromatic heterocycles. The molecular weight excluding hydrogens is 324 g/mol. The van der Waals surface area contributed by atoms with E-state index in [0.29, 0.717) is 17.2 Å². The van der Waals surface area contributed by atoms with Crippen molar-refractivity contribution in [1.29, 1.82) is 0 Å². The van der Waals surface area contributed by atoms with E-state index in [1.807, 2.05) is 30.3 Å². The fourth-order valence-electron chi connectivity index (χ4n) is 2.11. The minimum Gasteiger partial charge on any atom is -0.480 e. The first-order valence-electron chi connectivity index (χ1n) is 7.78. The molecule has 2 rings (SSSR count).